The molecule has 0 saturated carbocycles. The molecule has 0 bridgehead atoms. The van der Waals surface area contributed by atoms with Crippen LogP contribution in [-0.2, 0) is 19.2 Å². The van der Waals surface area contributed by atoms with E-state index in [0.29, 0.717) is 19.4 Å². The SMILES string of the molecule is NC(CS)C(=O)NC(CS)C(=O)N1CCCC1C(=O)NCC(=O)O. The molecule has 1 heterocycles. The van der Waals surface area contributed by atoms with Crippen LogP contribution in [-0.4, -0.2) is 76.4 Å². The van der Waals surface area contributed by atoms with Crippen molar-refractivity contribution >= 4 is 48.9 Å². The predicted molar refractivity (Wildman–Crippen MR) is 93.0 cm³/mol. The van der Waals surface area contributed by atoms with Gasteiger partial charge in [-0.1, -0.05) is 0 Å². The number of nitrogens with one attached hydrogen (secondary N) is 2. The van der Waals surface area contributed by atoms with E-state index in [4.69, 9.17) is 10.8 Å². The second kappa shape index (κ2) is 9.74. The average Bonchev–Trinajstić information content (AvgIpc) is 3.05. The zero-order chi connectivity index (χ0) is 18.3. The third-order valence-electron chi connectivity index (χ3n) is 3.58. The van der Waals surface area contributed by atoms with Gasteiger partial charge in [0.25, 0.3) is 0 Å². The monoisotopic (exact) mass is 378 g/mol. The van der Waals surface area contributed by atoms with E-state index in [1.54, 1.807) is 0 Å². The van der Waals surface area contributed by atoms with Crippen LogP contribution in [0.1, 0.15) is 12.8 Å². The summed E-state index contributed by atoms with van der Waals surface area (Å²) in [6, 6.07) is -2.52. The Balaban J connectivity index is 2.73. The Morgan fingerprint density at radius 1 is 1.25 bits per heavy atom. The lowest BCUT2D eigenvalue weighted by Gasteiger charge is -2.28. The highest BCUT2D eigenvalue weighted by molar-refractivity contribution is 7.80. The molecule has 1 aliphatic heterocycles. The number of carbonyl (C=O) groups excluding carboxylic acids is 3. The molecule has 11 heteroatoms. The van der Waals surface area contributed by atoms with Gasteiger partial charge >= 0.3 is 5.97 Å². The molecular weight excluding hydrogens is 356 g/mol. The van der Waals surface area contributed by atoms with Crippen LogP contribution in [0.25, 0.3) is 0 Å². The van der Waals surface area contributed by atoms with Crippen molar-refractivity contribution in [3.8, 4) is 0 Å². The highest BCUT2D eigenvalue weighted by Gasteiger charge is 2.37. The Hall–Kier alpha value is -1.46. The van der Waals surface area contributed by atoms with Crippen LogP contribution in [0.4, 0.5) is 0 Å². The van der Waals surface area contributed by atoms with E-state index in [2.05, 4.69) is 35.9 Å². The summed E-state index contributed by atoms with van der Waals surface area (Å²) in [4.78, 5) is 48.3. The van der Waals surface area contributed by atoms with Gasteiger partial charge in [0.15, 0.2) is 0 Å². The molecule has 9 nitrogen and oxygen atoms in total. The van der Waals surface area contributed by atoms with Crippen LogP contribution >= 0.6 is 25.3 Å². The van der Waals surface area contributed by atoms with Crippen LogP contribution in [0.5, 0.6) is 0 Å². The van der Waals surface area contributed by atoms with Crippen molar-refractivity contribution in [1.82, 2.24) is 15.5 Å². The minimum atomic E-state index is -1.17. The van der Waals surface area contributed by atoms with Gasteiger partial charge in [-0.2, -0.15) is 25.3 Å². The third-order valence-corrected chi connectivity index (χ3v) is 4.34. The molecule has 0 aliphatic carbocycles. The van der Waals surface area contributed by atoms with Crippen molar-refractivity contribution in [2.45, 2.75) is 31.0 Å². The standard InChI is InChI=1S/C13H22N4O5S2/c14-7(5-23)11(20)16-8(6-24)13(22)17-3-1-2-9(17)12(21)15-4-10(18)19/h7-9,23-24H,1-6,14H2,(H,15,21)(H,16,20)(H,18,19). The van der Waals surface area contributed by atoms with E-state index in [-0.39, 0.29) is 11.5 Å². The predicted octanol–water partition coefficient (Wildman–Crippen LogP) is -2.15. The number of rotatable bonds is 8. The smallest absolute Gasteiger partial charge is 0.322 e. The van der Waals surface area contributed by atoms with Gasteiger partial charge in [-0.15, -0.1) is 0 Å². The van der Waals surface area contributed by atoms with Crippen LogP contribution in [0.2, 0.25) is 0 Å². The van der Waals surface area contributed by atoms with E-state index in [9.17, 15) is 19.2 Å². The molecule has 1 aliphatic rings. The van der Waals surface area contributed by atoms with Gasteiger partial charge in [-0.3, -0.25) is 19.2 Å². The molecule has 0 aromatic carbocycles. The number of carbonyl (C=O) groups is 4. The molecule has 0 aromatic heterocycles. The molecule has 136 valence electrons. The fourth-order valence-electron chi connectivity index (χ4n) is 2.33. The van der Waals surface area contributed by atoms with E-state index < -0.39 is 48.4 Å². The summed E-state index contributed by atoms with van der Waals surface area (Å²) in [5.41, 5.74) is 5.56. The second-order valence-electron chi connectivity index (χ2n) is 5.33. The molecule has 1 saturated heterocycles. The number of likely N-dealkylation sites (tertiary alicyclic amines) is 1. The summed E-state index contributed by atoms with van der Waals surface area (Å²) in [7, 11) is 0. The molecule has 1 rings (SSSR count). The van der Waals surface area contributed by atoms with Crippen molar-refractivity contribution in [1.29, 1.82) is 0 Å². The number of nitrogens with two attached hydrogens (primary N) is 1. The number of amides is 3. The molecule has 3 amide bonds. The Kier molecular flexibility index (Phi) is 8.36. The maximum atomic E-state index is 12.6. The number of nitrogens with zero attached hydrogens (tertiary/aromatic N) is 1. The van der Waals surface area contributed by atoms with Crippen molar-refractivity contribution < 1.29 is 24.3 Å². The molecule has 24 heavy (non-hydrogen) atoms. The lowest BCUT2D eigenvalue weighted by Crippen LogP contribution is -2.56. The van der Waals surface area contributed by atoms with Gasteiger partial charge in [0, 0.05) is 18.1 Å². The van der Waals surface area contributed by atoms with Gasteiger partial charge in [0.05, 0.1) is 6.04 Å². The van der Waals surface area contributed by atoms with Crippen molar-refractivity contribution in [2.24, 2.45) is 5.73 Å². The highest BCUT2D eigenvalue weighted by Crippen LogP contribution is 2.19. The zero-order valence-electron chi connectivity index (χ0n) is 13.0. The van der Waals surface area contributed by atoms with Crippen LogP contribution in [0.3, 0.4) is 0 Å². The van der Waals surface area contributed by atoms with Crippen LogP contribution in [0.15, 0.2) is 0 Å². The van der Waals surface area contributed by atoms with Crippen molar-refractivity contribution in [3.05, 3.63) is 0 Å². The van der Waals surface area contributed by atoms with Gasteiger partial charge < -0.3 is 26.4 Å². The fourth-order valence-corrected chi connectivity index (χ4v) is 2.74. The first-order valence-electron chi connectivity index (χ1n) is 7.39. The first kappa shape index (κ1) is 20.6. The third kappa shape index (κ3) is 5.56. The summed E-state index contributed by atoms with van der Waals surface area (Å²) >= 11 is 7.99. The fraction of sp³-hybridized carbons (Fsp3) is 0.692. The first-order valence-corrected chi connectivity index (χ1v) is 8.66. The molecule has 3 unspecified atom stereocenters. The number of hydrogen-bond acceptors (Lipinski definition) is 7. The maximum absolute atomic E-state index is 12.6. The summed E-state index contributed by atoms with van der Waals surface area (Å²) in [5, 5.41) is 13.4. The quantitative estimate of drug-likeness (QED) is 0.266. The normalized spacial score (nSPS) is 19.5. The number of hydrogen-bond donors (Lipinski definition) is 6. The van der Waals surface area contributed by atoms with Gasteiger partial charge in [-0.05, 0) is 12.8 Å². The maximum Gasteiger partial charge on any atom is 0.322 e. The first-order chi connectivity index (χ1) is 11.3. The van der Waals surface area contributed by atoms with Crippen LogP contribution in [0, 0.1) is 0 Å². The number of carboxylic acid groups (broad SMARTS) is 1. The van der Waals surface area contributed by atoms with Gasteiger partial charge in [-0.25, -0.2) is 0 Å². The molecule has 0 spiro atoms. The Morgan fingerprint density at radius 3 is 2.46 bits per heavy atom. The lowest BCUT2D eigenvalue weighted by molar-refractivity contribution is -0.142. The molecule has 0 aromatic rings. The largest absolute Gasteiger partial charge is 0.480 e. The molecule has 5 N–H and O–H groups in total. The average molecular weight is 378 g/mol. The van der Waals surface area contributed by atoms with E-state index in [1.165, 1.54) is 4.90 Å². The summed E-state index contributed by atoms with van der Waals surface area (Å²) in [6.45, 7) is -0.163. The summed E-state index contributed by atoms with van der Waals surface area (Å²) in [5.74, 6) is -2.49. The van der Waals surface area contributed by atoms with Gasteiger partial charge in [0.2, 0.25) is 17.7 Å². The minimum Gasteiger partial charge on any atom is -0.480 e. The Bertz CT molecular complexity index is 505. The van der Waals surface area contributed by atoms with Crippen molar-refractivity contribution in [2.75, 3.05) is 24.6 Å². The summed E-state index contributed by atoms with van der Waals surface area (Å²) in [6.07, 6.45) is 1.04. The summed E-state index contributed by atoms with van der Waals surface area (Å²) < 4.78 is 0. The number of thiol groups is 2. The highest BCUT2D eigenvalue weighted by atomic mass is 32.1. The lowest BCUT2D eigenvalue weighted by atomic mass is 10.2. The molecular formula is C13H22N4O5S2. The number of aliphatic carboxylic acids is 1. The Labute approximate surface area is 150 Å². The van der Waals surface area contributed by atoms with Crippen LogP contribution < -0.4 is 16.4 Å². The van der Waals surface area contributed by atoms with E-state index >= 15 is 0 Å². The molecule has 0 radical (unpaired) electrons. The molecule has 3 atom stereocenters. The Morgan fingerprint density at radius 2 is 1.92 bits per heavy atom. The molecule has 1 fully saturated rings. The number of carboxylic acids is 1. The van der Waals surface area contributed by atoms with E-state index in [0.717, 1.165) is 0 Å². The van der Waals surface area contributed by atoms with Gasteiger partial charge in [0.1, 0.15) is 18.6 Å². The van der Waals surface area contributed by atoms with Crippen molar-refractivity contribution in [3.63, 3.8) is 0 Å². The zero-order valence-corrected chi connectivity index (χ0v) is 14.8. The minimum absolute atomic E-state index is 0.0455. The van der Waals surface area contributed by atoms with E-state index in [1.807, 2.05) is 0 Å². The topological polar surface area (TPSA) is 142 Å². The second-order valence-corrected chi connectivity index (χ2v) is 6.06.